The molecule has 0 aromatic heterocycles. The third kappa shape index (κ3) is 5.72. The Morgan fingerprint density at radius 3 is 2.56 bits per heavy atom. The van der Waals surface area contributed by atoms with E-state index in [1.54, 1.807) is 18.2 Å². The molecule has 8 nitrogen and oxygen atoms in total. The molecule has 1 aliphatic heterocycles. The van der Waals surface area contributed by atoms with Crippen molar-refractivity contribution in [3.8, 4) is 11.5 Å². The molecule has 0 atom stereocenters. The molecule has 0 radical (unpaired) electrons. The first kappa shape index (κ1) is 25.7. The Hall–Kier alpha value is -3.34. The Bertz CT molecular complexity index is 1380. The number of amides is 2. The van der Waals surface area contributed by atoms with Crippen LogP contribution < -0.4 is 9.47 Å². The Balaban J connectivity index is 1.54. The second kappa shape index (κ2) is 11.2. The molecule has 0 aliphatic carbocycles. The smallest absolute Gasteiger partial charge is 0.293 e. The molecule has 0 N–H and O–H groups in total. The van der Waals surface area contributed by atoms with Crippen molar-refractivity contribution in [1.82, 2.24) is 4.90 Å². The van der Waals surface area contributed by atoms with Crippen LogP contribution in [0.1, 0.15) is 16.7 Å². The van der Waals surface area contributed by atoms with Gasteiger partial charge in [-0.05, 0) is 53.2 Å². The molecule has 3 aromatic carbocycles. The lowest BCUT2D eigenvalue weighted by Crippen LogP contribution is -2.27. The number of nitrogens with zero attached hydrogens (tertiary/aromatic N) is 2. The first-order chi connectivity index (χ1) is 17.3. The van der Waals surface area contributed by atoms with Gasteiger partial charge in [0.15, 0.2) is 11.5 Å². The van der Waals surface area contributed by atoms with E-state index in [0.717, 1.165) is 26.7 Å². The zero-order valence-corrected chi connectivity index (χ0v) is 21.9. The minimum Gasteiger partial charge on any atom is -0.493 e. The average molecular weight is 590 g/mol. The van der Waals surface area contributed by atoms with E-state index in [1.165, 1.54) is 31.4 Å². The fourth-order valence-corrected chi connectivity index (χ4v) is 4.86. The number of para-hydroxylation sites is 1. The number of thioether (sulfide) groups is 1. The zero-order chi connectivity index (χ0) is 25.8. The fraction of sp³-hybridized carbons (Fsp3) is 0.120. The van der Waals surface area contributed by atoms with E-state index in [9.17, 15) is 19.7 Å². The van der Waals surface area contributed by atoms with Crippen LogP contribution in [0.2, 0.25) is 5.02 Å². The Morgan fingerprint density at radius 2 is 1.86 bits per heavy atom. The van der Waals surface area contributed by atoms with Gasteiger partial charge in [-0.3, -0.25) is 24.6 Å². The van der Waals surface area contributed by atoms with E-state index in [-0.39, 0.29) is 34.3 Å². The van der Waals surface area contributed by atoms with Crippen molar-refractivity contribution in [3.63, 3.8) is 0 Å². The number of imide groups is 1. The van der Waals surface area contributed by atoms with Crippen LogP contribution in [-0.4, -0.2) is 28.1 Å². The van der Waals surface area contributed by atoms with Gasteiger partial charge in [0.25, 0.3) is 16.8 Å². The van der Waals surface area contributed by atoms with Gasteiger partial charge in [0, 0.05) is 16.1 Å². The summed E-state index contributed by atoms with van der Waals surface area (Å²) >= 11 is 10.6. The lowest BCUT2D eigenvalue weighted by atomic mass is 10.1. The van der Waals surface area contributed by atoms with Crippen molar-refractivity contribution in [3.05, 3.63) is 102 Å². The van der Waals surface area contributed by atoms with Crippen LogP contribution in [0.3, 0.4) is 0 Å². The molecule has 1 heterocycles. The number of ether oxygens (including phenoxy) is 2. The summed E-state index contributed by atoms with van der Waals surface area (Å²) in [6.45, 7) is 0.0687. The highest BCUT2D eigenvalue weighted by Crippen LogP contribution is 2.40. The molecule has 1 saturated heterocycles. The van der Waals surface area contributed by atoms with E-state index >= 15 is 0 Å². The number of benzene rings is 3. The molecule has 0 bridgehead atoms. The normalized spacial score (nSPS) is 14.4. The number of carbonyl (C=O) groups excluding carboxylic acids is 2. The second-order valence-corrected chi connectivity index (χ2v) is 9.92. The Labute approximate surface area is 224 Å². The maximum atomic E-state index is 12.9. The van der Waals surface area contributed by atoms with Crippen LogP contribution in [0, 0.1) is 10.1 Å². The second-order valence-electron chi connectivity index (χ2n) is 7.60. The summed E-state index contributed by atoms with van der Waals surface area (Å²) in [5, 5.41) is 11.0. The molecule has 0 spiro atoms. The molecule has 184 valence electrons. The number of hydrogen-bond acceptors (Lipinski definition) is 7. The molecule has 36 heavy (non-hydrogen) atoms. The first-order valence-electron chi connectivity index (χ1n) is 10.5. The minimum absolute atomic E-state index is 0.157. The van der Waals surface area contributed by atoms with E-state index in [4.69, 9.17) is 21.1 Å². The van der Waals surface area contributed by atoms with Gasteiger partial charge < -0.3 is 9.47 Å². The summed E-state index contributed by atoms with van der Waals surface area (Å²) in [5.74, 6) is 0.169. The van der Waals surface area contributed by atoms with Gasteiger partial charge in [-0.1, -0.05) is 57.9 Å². The average Bonchev–Trinajstić information content (AvgIpc) is 3.11. The standard InChI is InChI=1S/C25H18BrClN2O6S/c1-34-21-11-16(10-19(27)23(21)35-14-15-6-8-18(26)9-7-15)12-22-24(30)28(25(31)36-22)13-17-4-2-3-5-20(17)29(32)33/h2-12H,13-14H2,1H3/b22-12-. The quantitative estimate of drug-likeness (QED) is 0.161. The molecule has 3 aromatic rings. The van der Waals surface area contributed by atoms with Crippen LogP contribution in [-0.2, 0) is 17.9 Å². The molecule has 0 unspecified atom stereocenters. The van der Waals surface area contributed by atoms with Crippen LogP contribution in [0.15, 0.2) is 70.0 Å². The molecule has 0 saturated carbocycles. The summed E-state index contributed by atoms with van der Waals surface area (Å²) in [4.78, 5) is 37.4. The maximum Gasteiger partial charge on any atom is 0.293 e. The largest absolute Gasteiger partial charge is 0.493 e. The predicted molar refractivity (Wildman–Crippen MR) is 141 cm³/mol. The third-order valence-corrected chi connectivity index (χ3v) is 6.95. The SMILES string of the molecule is COc1cc(/C=C2\SC(=O)N(Cc3ccccc3[N+](=O)[O-])C2=O)cc(Cl)c1OCc1ccc(Br)cc1. The number of nitro benzene ring substituents is 1. The minimum atomic E-state index is -0.547. The zero-order valence-electron chi connectivity index (χ0n) is 18.8. The van der Waals surface area contributed by atoms with Gasteiger partial charge in [-0.25, -0.2) is 0 Å². The van der Waals surface area contributed by atoms with Crippen LogP contribution in [0.4, 0.5) is 10.5 Å². The van der Waals surface area contributed by atoms with Gasteiger partial charge in [-0.2, -0.15) is 0 Å². The van der Waals surface area contributed by atoms with E-state index in [0.29, 0.717) is 17.1 Å². The van der Waals surface area contributed by atoms with Crippen LogP contribution in [0.25, 0.3) is 6.08 Å². The van der Waals surface area contributed by atoms with Gasteiger partial charge in [0.05, 0.1) is 28.5 Å². The Morgan fingerprint density at radius 1 is 1.14 bits per heavy atom. The van der Waals surface area contributed by atoms with E-state index in [2.05, 4.69) is 15.9 Å². The summed E-state index contributed by atoms with van der Waals surface area (Å²) in [5.41, 5.74) is 1.58. The monoisotopic (exact) mass is 588 g/mol. The molecular weight excluding hydrogens is 572 g/mol. The third-order valence-electron chi connectivity index (χ3n) is 5.24. The highest BCUT2D eigenvalue weighted by atomic mass is 79.9. The number of hydrogen-bond donors (Lipinski definition) is 0. The number of nitro groups is 1. The van der Waals surface area contributed by atoms with Crippen molar-refractivity contribution in [2.45, 2.75) is 13.2 Å². The van der Waals surface area contributed by atoms with Crippen LogP contribution in [0.5, 0.6) is 11.5 Å². The van der Waals surface area contributed by atoms with Gasteiger partial charge >= 0.3 is 0 Å². The van der Waals surface area contributed by atoms with Crippen molar-refractivity contribution in [2.24, 2.45) is 0 Å². The molecular formula is C25H18BrClN2O6S. The van der Waals surface area contributed by atoms with Gasteiger partial charge in [0.1, 0.15) is 6.61 Å². The summed E-state index contributed by atoms with van der Waals surface area (Å²) < 4.78 is 12.3. The predicted octanol–water partition coefficient (Wildman–Crippen LogP) is 6.83. The number of methoxy groups -OCH3 is 1. The van der Waals surface area contributed by atoms with Crippen molar-refractivity contribution in [1.29, 1.82) is 0 Å². The summed E-state index contributed by atoms with van der Waals surface area (Å²) in [7, 11) is 1.47. The molecule has 4 rings (SSSR count). The highest BCUT2D eigenvalue weighted by Gasteiger charge is 2.36. The molecule has 2 amide bonds. The van der Waals surface area contributed by atoms with Gasteiger partial charge in [-0.15, -0.1) is 0 Å². The lowest BCUT2D eigenvalue weighted by molar-refractivity contribution is -0.385. The van der Waals surface area contributed by atoms with Crippen LogP contribution >= 0.6 is 39.3 Å². The van der Waals surface area contributed by atoms with E-state index in [1.807, 2.05) is 24.3 Å². The van der Waals surface area contributed by atoms with Crippen molar-refractivity contribution < 1.29 is 24.0 Å². The highest BCUT2D eigenvalue weighted by molar-refractivity contribution is 9.10. The van der Waals surface area contributed by atoms with E-state index < -0.39 is 16.1 Å². The molecule has 1 aliphatic rings. The van der Waals surface area contributed by atoms with Crippen molar-refractivity contribution in [2.75, 3.05) is 7.11 Å². The summed E-state index contributed by atoms with van der Waals surface area (Å²) in [6.07, 6.45) is 1.53. The van der Waals surface area contributed by atoms with Crippen molar-refractivity contribution >= 4 is 62.2 Å². The van der Waals surface area contributed by atoms with Gasteiger partial charge in [0.2, 0.25) is 0 Å². The fourth-order valence-electron chi connectivity index (χ4n) is 3.48. The molecule has 1 fully saturated rings. The number of carbonyl (C=O) groups is 2. The number of halogens is 2. The molecule has 11 heteroatoms. The maximum absolute atomic E-state index is 12.9. The lowest BCUT2D eigenvalue weighted by Gasteiger charge is -2.14. The topological polar surface area (TPSA) is 99.0 Å². The number of rotatable bonds is 8. The summed E-state index contributed by atoms with van der Waals surface area (Å²) in [6, 6.07) is 16.9. The first-order valence-corrected chi connectivity index (χ1v) is 12.5. The Kier molecular flexibility index (Phi) is 7.97.